The number of Topliss-reactive ketones (excluding diaryl/α,β-unsaturated/α-hetero) is 2. The fourth-order valence-electron chi connectivity index (χ4n) is 19.4. The third-order valence-electron chi connectivity index (χ3n) is 23.0. The van der Waals surface area contributed by atoms with E-state index in [2.05, 4.69) is 47.1 Å². The lowest BCUT2D eigenvalue weighted by Gasteiger charge is -2.64. The lowest BCUT2D eigenvalue weighted by atomic mass is 9.41. The van der Waals surface area contributed by atoms with Gasteiger partial charge in [0.15, 0.2) is 17.5 Å². The van der Waals surface area contributed by atoms with Crippen molar-refractivity contribution in [3.8, 4) is 17.6 Å². The van der Waals surface area contributed by atoms with E-state index < -0.39 is 69.9 Å². The van der Waals surface area contributed by atoms with Gasteiger partial charge in [0.1, 0.15) is 5.75 Å². The zero-order valence-electron chi connectivity index (χ0n) is 47.3. The van der Waals surface area contributed by atoms with Crippen molar-refractivity contribution in [2.45, 2.75) is 178 Å². The van der Waals surface area contributed by atoms with Crippen molar-refractivity contribution in [3.63, 3.8) is 0 Å². The molecule has 9 aliphatic rings. The Hall–Kier alpha value is -4.98. The lowest BCUT2D eigenvalue weighted by molar-refractivity contribution is -0.196. The van der Waals surface area contributed by atoms with Crippen molar-refractivity contribution >= 4 is 23.5 Å². The van der Waals surface area contributed by atoms with Gasteiger partial charge in [-0.3, -0.25) is 19.4 Å². The SMILES string of the molecule is C[C@H]1CCC2=CC[C@@H]3[C@@H](C[C@@H]([C@@H]4COC(=O)[C@H]4c4cc[nH]c4)C#CC[C@H]4C[C@@]5(O)C6=C(NCC(=O)CCc7ccc(O)cc7)C(=O)[C@@H]7C[C@@H](O)[C@@H](O)C[C@]7(C7CCCC7)[C@H]6CC[C@]5(CCN=C(N)N)[C@H]4[C@@](C)(O)[C@H](O)C[C@H]3C)[C@@H]2C1. The Labute approximate surface area is 472 Å². The summed E-state index contributed by atoms with van der Waals surface area (Å²) in [7, 11) is 0. The van der Waals surface area contributed by atoms with E-state index in [9.17, 15) is 40.2 Å². The smallest absolute Gasteiger partial charge is 0.313 e. The number of allylic oxidation sites excluding steroid dienone is 3. The summed E-state index contributed by atoms with van der Waals surface area (Å²) in [5.41, 5.74) is 10.4. The van der Waals surface area contributed by atoms with Gasteiger partial charge in [-0.05, 0) is 191 Å². The van der Waals surface area contributed by atoms with Crippen LogP contribution in [0.2, 0.25) is 0 Å². The summed E-state index contributed by atoms with van der Waals surface area (Å²) in [4.78, 5) is 51.6. The highest BCUT2D eigenvalue weighted by Gasteiger charge is 2.75. The molecule has 8 aliphatic carbocycles. The number of phenolic OH excluding ortho intramolecular Hbond substituents is 1. The number of fused-ring (bicyclic) bond motifs is 10. The molecule has 0 unspecified atom stereocenters. The molecule has 6 fully saturated rings. The van der Waals surface area contributed by atoms with Crippen LogP contribution >= 0.6 is 0 Å². The summed E-state index contributed by atoms with van der Waals surface area (Å²) in [6, 6.07) is 8.67. The van der Waals surface area contributed by atoms with Gasteiger partial charge in [-0.2, -0.15) is 0 Å². The Bertz CT molecular complexity index is 2790. The fraction of sp³-hybridized carbons (Fsp3) is 0.692. The number of hydrogen-bond donors (Lipinski definition) is 10. The largest absolute Gasteiger partial charge is 0.508 e. The van der Waals surface area contributed by atoms with E-state index in [-0.39, 0.29) is 129 Å². The number of nitrogens with one attached hydrogen (secondary N) is 2. The number of guanidine groups is 1. The van der Waals surface area contributed by atoms with Gasteiger partial charge in [0, 0.05) is 60.9 Å². The number of esters is 1. The van der Waals surface area contributed by atoms with Crippen molar-refractivity contribution in [1.82, 2.24) is 10.3 Å². The van der Waals surface area contributed by atoms with E-state index in [1.165, 1.54) is 5.57 Å². The molecular weight excluding hydrogens is 1010 g/mol. The van der Waals surface area contributed by atoms with E-state index >= 15 is 4.79 Å². The van der Waals surface area contributed by atoms with Crippen LogP contribution in [0.15, 0.2) is 70.6 Å². The Morgan fingerprint density at radius 3 is 2.44 bits per heavy atom. The van der Waals surface area contributed by atoms with Crippen LogP contribution in [0, 0.1) is 93.7 Å². The number of cyclic esters (lactones) is 1. The molecule has 2 heterocycles. The van der Waals surface area contributed by atoms with Gasteiger partial charge in [0.25, 0.3) is 0 Å². The first kappa shape index (κ1) is 56.9. The second-order valence-corrected chi connectivity index (χ2v) is 27.1. The molecule has 15 nitrogen and oxygen atoms in total. The molecule has 15 heteroatoms. The predicted octanol–water partition coefficient (Wildman–Crippen LogP) is 6.89. The van der Waals surface area contributed by atoms with Crippen molar-refractivity contribution < 1.29 is 49.8 Å². The summed E-state index contributed by atoms with van der Waals surface area (Å²) >= 11 is 0. The number of carbonyl (C=O) groups is 3. The van der Waals surface area contributed by atoms with Crippen LogP contribution in [0.4, 0.5) is 0 Å². The van der Waals surface area contributed by atoms with Crippen LogP contribution in [0.5, 0.6) is 5.75 Å². The van der Waals surface area contributed by atoms with Gasteiger partial charge >= 0.3 is 5.97 Å². The van der Waals surface area contributed by atoms with Crippen LogP contribution < -0.4 is 16.8 Å². The average Bonchev–Trinajstić information content (AvgIpc) is 4.11. The first-order valence-corrected chi connectivity index (χ1v) is 30.6. The monoisotopic (exact) mass is 1100 g/mol. The molecular formula is C65H89N5O10. The number of benzene rings is 1. The molecule has 0 spiro atoms. The van der Waals surface area contributed by atoms with E-state index in [0.717, 1.165) is 68.9 Å². The third kappa shape index (κ3) is 9.86. The van der Waals surface area contributed by atoms with Crippen LogP contribution in [0.25, 0.3) is 0 Å². The number of nitrogens with two attached hydrogens (primary N) is 2. The maximum absolute atomic E-state index is 16.0. The number of nitrogens with zero attached hydrogens (tertiary/aromatic N) is 1. The number of aliphatic imine (C=N–C) groups is 1. The number of aliphatic hydroxyl groups excluding tert-OH is 3. The van der Waals surface area contributed by atoms with Gasteiger partial charge in [-0.25, -0.2) is 0 Å². The molecule has 5 saturated carbocycles. The van der Waals surface area contributed by atoms with Gasteiger partial charge in [0.2, 0.25) is 0 Å². The second-order valence-electron chi connectivity index (χ2n) is 27.1. The number of ketones is 2. The number of rotatable bonds is 12. The summed E-state index contributed by atoms with van der Waals surface area (Å²) in [5, 5.41) is 78.3. The molecule has 0 bridgehead atoms. The number of aromatic amines is 1. The van der Waals surface area contributed by atoms with Crippen LogP contribution in [-0.4, -0.2) is 108 Å². The maximum atomic E-state index is 16.0. The quantitative estimate of drug-likeness (QED) is 0.0341. The van der Waals surface area contributed by atoms with Crippen molar-refractivity contribution in [2.75, 3.05) is 19.7 Å². The number of aromatic hydroxyl groups is 1. The van der Waals surface area contributed by atoms with Crippen molar-refractivity contribution in [2.24, 2.45) is 98.3 Å². The van der Waals surface area contributed by atoms with E-state index in [1.54, 1.807) is 31.2 Å². The highest BCUT2D eigenvalue weighted by atomic mass is 16.5. The Morgan fingerprint density at radius 1 is 0.925 bits per heavy atom. The number of H-pyrrole nitrogens is 1. The standard InChI is InChI=1S/C65H89N5O10/c1-36-11-15-39-16-20-46-37(2)28-54(75)62(3,78)59-41(8-6-7-40(29-48(46)47(39)27-36)49-35-80-60(77)55(49)42-22-25-68-33-42)31-65(79)56-50(21-23-63(59,65)24-26-69-61(66)67)64(43-9-4-5-10-43)32-53(74)52(73)30-51(64)58(76)57(56)70-34-45(72)19-14-38-12-17-44(71)18-13-38/h12-13,16-18,22,25,33,36-37,40-41,43,46-55,59,68,70-71,73-75,78-79H,4-5,8-11,14-15,19-21,23-24,26-32,34-35H2,1-3H3,(H4,66,67,69)/t36-,37+,40-,41-,46-,47+,48+,49-,50-,51-,52+,53-,54+,55-,59+,62-,63-,64-,65+/m0/s1. The Morgan fingerprint density at radius 2 is 1.70 bits per heavy atom. The van der Waals surface area contributed by atoms with E-state index in [4.69, 9.17) is 16.2 Å². The fourth-order valence-corrected chi connectivity index (χ4v) is 19.4. The van der Waals surface area contributed by atoms with Gasteiger partial charge in [-0.1, -0.05) is 56.4 Å². The predicted molar refractivity (Wildman–Crippen MR) is 303 cm³/mol. The first-order chi connectivity index (χ1) is 38.3. The maximum Gasteiger partial charge on any atom is 0.313 e. The number of ether oxygens (including phenoxy) is 1. The molecule has 434 valence electrons. The summed E-state index contributed by atoms with van der Waals surface area (Å²) in [5.74, 6) is 4.60. The minimum Gasteiger partial charge on any atom is -0.508 e. The highest BCUT2D eigenvalue weighted by molar-refractivity contribution is 6.00. The minimum atomic E-state index is -1.85. The van der Waals surface area contributed by atoms with E-state index in [0.29, 0.717) is 43.1 Å². The number of aliphatic hydroxyl groups is 5. The molecule has 19 atom stereocenters. The zero-order chi connectivity index (χ0) is 56.5. The molecule has 0 amide bonds. The summed E-state index contributed by atoms with van der Waals surface area (Å²) < 4.78 is 5.96. The summed E-state index contributed by atoms with van der Waals surface area (Å²) in [6.45, 7) is 6.42. The van der Waals surface area contributed by atoms with Crippen LogP contribution in [-0.2, 0) is 25.5 Å². The first-order valence-electron chi connectivity index (χ1n) is 30.6. The highest BCUT2D eigenvalue weighted by Crippen LogP contribution is 2.74. The Balaban J connectivity index is 1.06. The average molecular weight is 1100 g/mol. The number of phenols is 1. The number of carbonyl (C=O) groups excluding carboxylic acids is 3. The van der Waals surface area contributed by atoms with Gasteiger partial charge in [0.05, 0.1) is 54.3 Å². The molecule has 1 aromatic carbocycles. The number of aromatic nitrogens is 1. The normalized spacial score (nSPS) is 41.8. The van der Waals surface area contributed by atoms with E-state index in [1.807, 2.05) is 18.5 Å². The molecule has 0 radical (unpaired) electrons. The molecule has 2 aromatic rings. The van der Waals surface area contributed by atoms with Crippen molar-refractivity contribution in [3.05, 3.63) is 76.8 Å². The molecule has 1 saturated heterocycles. The zero-order valence-corrected chi connectivity index (χ0v) is 47.3. The van der Waals surface area contributed by atoms with Gasteiger partial charge < -0.3 is 57.1 Å². The number of aryl methyl sites for hydroxylation is 1. The molecule has 11 rings (SSSR count). The topological polar surface area (TPSA) is 274 Å². The minimum absolute atomic E-state index is 0.0190. The molecule has 1 aliphatic heterocycles. The van der Waals surface area contributed by atoms with Crippen LogP contribution in [0.1, 0.15) is 153 Å². The molecule has 80 heavy (non-hydrogen) atoms. The van der Waals surface area contributed by atoms with Gasteiger partial charge in [-0.15, -0.1) is 5.92 Å². The van der Waals surface area contributed by atoms with Crippen molar-refractivity contribution in [1.29, 1.82) is 0 Å². The second kappa shape index (κ2) is 22.3. The van der Waals surface area contributed by atoms with Crippen LogP contribution in [0.3, 0.4) is 0 Å². The number of hydrogen-bond acceptors (Lipinski definition) is 12. The third-order valence-corrected chi connectivity index (χ3v) is 23.0. The lowest BCUT2D eigenvalue weighted by Crippen LogP contribution is -2.67. The molecule has 12 N–H and O–H groups in total. The Kier molecular flexibility index (Phi) is 15.9. The summed E-state index contributed by atoms with van der Waals surface area (Å²) in [6.07, 6.45) is 13.6. The molecule has 1 aromatic heterocycles.